The summed E-state index contributed by atoms with van der Waals surface area (Å²) >= 11 is 0. The Morgan fingerprint density at radius 1 is 1.25 bits per heavy atom. The fourth-order valence-electron chi connectivity index (χ4n) is 0.841. The van der Waals surface area contributed by atoms with Crippen molar-refractivity contribution in [2.45, 2.75) is 0 Å². The van der Waals surface area contributed by atoms with E-state index >= 15 is 0 Å². The minimum Gasteiger partial charge on any atom is -0.494 e. The minimum atomic E-state index is -0.0602. The standard InChI is InChI=1S/C7H6N2O3/c1-12-6-4-2-3-5(8-10)7(6)9-11/h2-4H,1H3. The molecule has 62 valence electrons. The number of benzene rings is 1. The van der Waals surface area contributed by atoms with Crippen molar-refractivity contribution in [1.29, 1.82) is 0 Å². The summed E-state index contributed by atoms with van der Waals surface area (Å²) in [5.41, 5.74) is -0.0700. The van der Waals surface area contributed by atoms with E-state index < -0.39 is 0 Å². The van der Waals surface area contributed by atoms with Gasteiger partial charge < -0.3 is 4.74 Å². The van der Waals surface area contributed by atoms with Crippen LogP contribution < -0.4 is 4.74 Å². The Labute approximate surface area is 68.3 Å². The molecule has 0 aromatic heterocycles. The van der Waals surface area contributed by atoms with Crippen molar-refractivity contribution in [3.63, 3.8) is 0 Å². The smallest absolute Gasteiger partial charge is 0.178 e. The topological polar surface area (TPSA) is 68.1 Å². The predicted octanol–water partition coefficient (Wildman–Crippen LogP) is 2.49. The van der Waals surface area contributed by atoms with E-state index in [-0.39, 0.29) is 17.1 Å². The average molecular weight is 166 g/mol. The molecule has 0 aliphatic carbocycles. The molecule has 5 nitrogen and oxygen atoms in total. The lowest BCUT2D eigenvalue weighted by molar-refractivity contribution is 0.416. The summed E-state index contributed by atoms with van der Waals surface area (Å²) < 4.78 is 4.79. The number of nitrogens with zero attached hydrogens (tertiary/aromatic N) is 2. The van der Waals surface area contributed by atoms with E-state index in [4.69, 9.17) is 4.74 Å². The second-order valence-corrected chi connectivity index (χ2v) is 2.01. The van der Waals surface area contributed by atoms with E-state index in [1.54, 1.807) is 6.07 Å². The Hall–Kier alpha value is -1.78. The molecule has 0 unspecified atom stereocenters. The monoisotopic (exact) mass is 166 g/mol. The zero-order valence-electron chi connectivity index (χ0n) is 6.35. The zero-order chi connectivity index (χ0) is 8.97. The van der Waals surface area contributed by atoms with Crippen molar-refractivity contribution in [2.75, 3.05) is 7.11 Å². The number of hydrogen-bond donors (Lipinski definition) is 0. The molecule has 0 saturated heterocycles. The van der Waals surface area contributed by atoms with E-state index in [0.717, 1.165) is 0 Å². The largest absolute Gasteiger partial charge is 0.494 e. The summed E-state index contributed by atoms with van der Waals surface area (Å²) in [5, 5.41) is 5.27. The van der Waals surface area contributed by atoms with Crippen molar-refractivity contribution < 1.29 is 4.74 Å². The van der Waals surface area contributed by atoms with Crippen molar-refractivity contribution >= 4 is 11.4 Å². The van der Waals surface area contributed by atoms with E-state index in [9.17, 15) is 9.81 Å². The van der Waals surface area contributed by atoms with Crippen LogP contribution in [0.3, 0.4) is 0 Å². The van der Waals surface area contributed by atoms with Crippen LogP contribution in [0, 0.1) is 9.81 Å². The lowest BCUT2D eigenvalue weighted by Gasteiger charge is -2.01. The second-order valence-electron chi connectivity index (χ2n) is 2.01. The highest BCUT2D eigenvalue weighted by molar-refractivity contribution is 5.69. The van der Waals surface area contributed by atoms with Crippen molar-refractivity contribution in [3.05, 3.63) is 28.0 Å². The van der Waals surface area contributed by atoms with Gasteiger partial charge in [-0.3, -0.25) is 0 Å². The molecule has 5 heteroatoms. The molecule has 0 heterocycles. The highest BCUT2D eigenvalue weighted by Crippen LogP contribution is 2.36. The van der Waals surface area contributed by atoms with Gasteiger partial charge in [0.1, 0.15) is 11.4 Å². The van der Waals surface area contributed by atoms with Gasteiger partial charge >= 0.3 is 0 Å². The van der Waals surface area contributed by atoms with Crippen LogP contribution in [0.15, 0.2) is 28.6 Å². The maximum Gasteiger partial charge on any atom is 0.178 e. The van der Waals surface area contributed by atoms with Crippen LogP contribution in [0.25, 0.3) is 0 Å². The number of nitroso groups, excluding NO2 is 2. The molecular weight excluding hydrogens is 160 g/mol. The van der Waals surface area contributed by atoms with Crippen molar-refractivity contribution in [2.24, 2.45) is 10.4 Å². The van der Waals surface area contributed by atoms with Crippen LogP contribution in [0.2, 0.25) is 0 Å². The molecule has 1 aromatic rings. The maximum absolute atomic E-state index is 10.2. The summed E-state index contributed by atoms with van der Waals surface area (Å²) in [6, 6.07) is 4.49. The summed E-state index contributed by atoms with van der Waals surface area (Å²) in [5.74, 6) is 0.252. The van der Waals surface area contributed by atoms with Gasteiger partial charge in [0.2, 0.25) is 0 Å². The highest BCUT2D eigenvalue weighted by atomic mass is 16.5. The first-order valence-corrected chi connectivity index (χ1v) is 3.17. The Kier molecular flexibility index (Phi) is 2.47. The number of methoxy groups -OCH3 is 1. The lowest BCUT2D eigenvalue weighted by Crippen LogP contribution is -1.82. The molecule has 1 aromatic carbocycles. The molecule has 0 saturated carbocycles. The van der Waals surface area contributed by atoms with Crippen LogP contribution >= 0.6 is 0 Å². The first-order valence-electron chi connectivity index (χ1n) is 3.17. The van der Waals surface area contributed by atoms with Crippen LogP contribution in [0.5, 0.6) is 5.75 Å². The molecule has 0 bridgehead atoms. The Morgan fingerprint density at radius 3 is 2.50 bits per heavy atom. The van der Waals surface area contributed by atoms with Gasteiger partial charge in [0.15, 0.2) is 5.69 Å². The normalized spacial score (nSPS) is 9.08. The summed E-state index contributed by atoms with van der Waals surface area (Å²) in [6.07, 6.45) is 0. The molecular formula is C7H6N2O3. The van der Waals surface area contributed by atoms with Gasteiger partial charge in [0.05, 0.1) is 7.11 Å². The van der Waals surface area contributed by atoms with E-state index in [1.165, 1.54) is 19.2 Å². The number of hydrogen-bond acceptors (Lipinski definition) is 5. The van der Waals surface area contributed by atoms with Gasteiger partial charge in [0.25, 0.3) is 0 Å². The van der Waals surface area contributed by atoms with E-state index in [0.29, 0.717) is 0 Å². The van der Waals surface area contributed by atoms with Crippen LogP contribution in [0.1, 0.15) is 0 Å². The molecule has 0 spiro atoms. The molecule has 1 rings (SSSR count). The van der Waals surface area contributed by atoms with Crippen LogP contribution in [0.4, 0.5) is 11.4 Å². The minimum absolute atomic E-state index is 0.00986. The lowest BCUT2D eigenvalue weighted by atomic mass is 10.2. The van der Waals surface area contributed by atoms with E-state index in [1.807, 2.05) is 0 Å². The molecule has 0 aliphatic rings. The molecule has 0 atom stereocenters. The van der Waals surface area contributed by atoms with Crippen molar-refractivity contribution in [1.82, 2.24) is 0 Å². The van der Waals surface area contributed by atoms with Crippen molar-refractivity contribution in [3.8, 4) is 5.75 Å². The number of ether oxygens (including phenoxy) is 1. The Bertz CT molecular complexity index is 312. The summed E-state index contributed by atoms with van der Waals surface area (Å²) in [4.78, 5) is 20.4. The van der Waals surface area contributed by atoms with Gasteiger partial charge in [-0.2, -0.15) is 0 Å². The molecule has 0 aliphatic heterocycles. The third-order valence-electron chi connectivity index (χ3n) is 1.39. The summed E-state index contributed by atoms with van der Waals surface area (Å²) in [7, 11) is 1.39. The van der Waals surface area contributed by atoms with Gasteiger partial charge in [-0.1, -0.05) is 6.07 Å². The van der Waals surface area contributed by atoms with Crippen LogP contribution in [-0.4, -0.2) is 7.11 Å². The highest BCUT2D eigenvalue weighted by Gasteiger charge is 2.08. The van der Waals surface area contributed by atoms with Crippen LogP contribution in [-0.2, 0) is 0 Å². The van der Waals surface area contributed by atoms with Gasteiger partial charge in [-0.15, -0.1) is 9.81 Å². The third kappa shape index (κ3) is 1.29. The Balaban J connectivity index is 3.31. The molecule has 0 fully saturated rings. The SMILES string of the molecule is COc1cccc(N=O)c1N=O. The van der Waals surface area contributed by atoms with E-state index in [2.05, 4.69) is 10.4 Å². The second kappa shape index (κ2) is 3.56. The zero-order valence-corrected chi connectivity index (χ0v) is 6.35. The summed E-state index contributed by atoms with van der Waals surface area (Å²) in [6.45, 7) is 0. The molecule has 12 heavy (non-hydrogen) atoms. The average Bonchev–Trinajstić information content (AvgIpc) is 2.16. The third-order valence-corrected chi connectivity index (χ3v) is 1.39. The molecule has 0 radical (unpaired) electrons. The van der Waals surface area contributed by atoms with Gasteiger partial charge in [-0.25, -0.2) is 0 Å². The maximum atomic E-state index is 10.2. The first-order chi connectivity index (χ1) is 5.83. The Morgan fingerprint density at radius 2 is 2.00 bits per heavy atom. The predicted molar refractivity (Wildman–Crippen MR) is 43.9 cm³/mol. The fraction of sp³-hybridized carbons (Fsp3) is 0.143. The molecule has 0 amide bonds. The quantitative estimate of drug-likeness (QED) is 0.647. The first kappa shape index (κ1) is 8.32. The number of rotatable bonds is 3. The van der Waals surface area contributed by atoms with Gasteiger partial charge in [-0.05, 0) is 22.5 Å². The molecule has 0 N–H and O–H groups in total. The van der Waals surface area contributed by atoms with Gasteiger partial charge in [0, 0.05) is 0 Å². The fourth-order valence-corrected chi connectivity index (χ4v) is 0.841.